The Balaban J connectivity index is 2.40. The van der Waals surface area contributed by atoms with Crippen LogP contribution in [0.3, 0.4) is 0 Å². The van der Waals surface area contributed by atoms with E-state index >= 15 is 0 Å². The van der Waals surface area contributed by atoms with Gasteiger partial charge >= 0.3 is 6.18 Å². The van der Waals surface area contributed by atoms with E-state index in [9.17, 15) is 18.0 Å². The molecule has 7 heteroatoms. The molecular formula is C12H10F3N3O. The highest BCUT2D eigenvalue weighted by Gasteiger charge is 2.30. The Kier molecular flexibility index (Phi) is 3.28. The molecule has 0 fully saturated rings. The predicted molar refractivity (Wildman–Crippen MR) is 64.4 cm³/mol. The van der Waals surface area contributed by atoms with Gasteiger partial charge in [0.15, 0.2) is 0 Å². The van der Waals surface area contributed by atoms with Crippen molar-refractivity contribution in [2.24, 2.45) is 0 Å². The fraction of sp³-hybridized carbons (Fsp3) is 0.167. The van der Waals surface area contributed by atoms with Crippen molar-refractivity contribution in [2.45, 2.75) is 6.18 Å². The van der Waals surface area contributed by atoms with E-state index in [0.29, 0.717) is 5.69 Å². The molecule has 2 rings (SSSR count). The molecule has 0 saturated carbocycles. The Morgan fingerprint density at radius 2 is 1.84 bits per heavy atom. The largest absolute Gasteiger partial charge is 0.416 e. The predicted octanol–water partition coefficient (Wildman–Crippen LogP) is 2.29. The molecule has 1 aromatic heterocycles. The SMILES string of the molecule is CNc1cnn(-c2ccc(C(F)(F)F)cc2)c(=O)c1. The summed E-state index contributed by atoms with van der Waals surface area (Å²) in [4.78, 5) is 11.7. The highest BCUT2D eigenvalue weighted by molar-refractivity contribution is 5.40. The number of hydrogen-bond donors (Lipinski definition) is 1. The van der Waals surface area contributed by atoms with Crippen LogP contribution < -0.4 is 10.9 Å². The molecule has 4 nitrogen and oxygen atoms in total. The number of benzene rings is 1. The normalized spacial score (nSPS) is 11.4. The summed E-state index contributed by atoms with van der Waals surface area (Å²) < 4.78 is 38.3. The quantitative estimate of drug-likeness (QED) is 0.910. The Hall–Kier alpha value is -2.31. The molecule has 0 radical (unpaired) electrons. The van der Waals surface area contributed by atoms with Crippen molar-refractivity contribution in [2.75, 3.05) is 12.4 Å². The first-order chi connectivity index (χ1) is 8.91. The maximum absolute atomic E-state index is 12.4. The minimum absolute atomic E-state index is 0.278. The third-order valence-corrected chi connectivity index (χ3v) is 2.53. The van der Waals surface area contributed by atoms with Gasteiger partial charge in [0, 0.05) is 13.1 Å². The molecule has 0 atom stereocenters. The van der Waals surface area contributed by atoms with E-state index in [-0.39, 0.29) is 5.69 Å². The highest BCUT2D eigenvalue weighted by atomic mass is 19.4. The molecular weight excluding hydrogens is 259 g/mol. The summed E-state index contributed by atoms with van der Waals surface area (Å²) >= 11 is 0. The van der Waals surface area contributed by atoms with Crippen LogP contribution in [0.15, 0.2) is 41.3 Å². The van der Waals surface area contributed by atoms with E-state index in [1.807, 2.05) is 0 Å². The third kappa shape index (κ3) is 2.75. The highest BCUT2D eigenvalue weighted by Crippen LogP contribution is 2.29. The minimum Gasteiger partial charge on any atom is -0.387 e. The van der Waals surface area contributed by atoms with Gasteiger partial charge in [0.1, 0.15) is 0 Å². The summed E-state index contributed by atoms with van der Waals surface area (Å²) in [7, 11) is 1.64. The fourth-order valence-corrected chi connectivity index (χ4v) is 1.53. The van der Waals surface area contributed by atoms with Crippen LogP contribution >= 0.6 is 0 Å². The van der Waals surface area contributed by atoms with E-state index < -0.39 is 17.3 Å². The van der Waals surface area contributed by atoms with Gasteiger partial charge in [-0.25, -0.2) is 0 Å². The number of aromatic nitrogens is 2. The Labute approximate surface area is 106 Å². The van der Waals surface area contributed by atoms with Crippen LogP contribution in [0.4, 0.5) is 18.9 Å². The molecule has 19 heavy (non-hydrogen) atoms. The van der Waals surface area contributed by atoms with Crippen LogP contribution in [0.2, 0.25) is 0 Å². The average molecular weight is 269 g/mol. The van der Waals surface area contributed by atoms with Crippen LogP contribution in [0.1, 0.15) is 5.56 Å². The smallest absolute Gasteiger partial charge is 0.387 e. The van der Waals surface area contributed by atoms with Crippen molar-refractivity contribution < 1.29 is 13.2 Å². The van der Waals surface area contributed by atoms with Gasteiger partial charge in [-0.1, -0.05) is 0 Å². The Bertz CT molecular complexity index is 632. The molecule has 0 unspecified atom stereocenters. The number of nitrogens with zero attached hydrogens (tertiary/aromatic N) is 2. The van der Waals surface area contributed by atoms with Crippen molar-refractivity contribution in [3.63, 3.8) is 0 Å². The van der Waals surface area contributed by atoms with Crippen molar-refractivity contribution >= 4 is 5.69 Å². The molecule has 100 valence electrons. The first-order valence-electron chi connectivity index (χ1n) is 5.36. The number of halogens is 3. The molecule has 1 heterocycles. The topological polar surface area (TPSA) is 46.9 Å². The maximum atomic E-state index is 12.4. The summed E-state index contributed by atoms with van der Waals surface area (Å²) in [5.74, 6) is 0. The van der Waals surface area contributed by atoms with Crippen LogP contribution in [0, 0.1) is 0 Å². The summed E-state index contributed by atoms with van der Waals surface area (Å²) in [5, 5.41) is 6.62. The zero-order valence-electron chi connectivity index (χ0n) is 9.90. The van der Waals surface area contributed by atoms with Crippen molar-refractivity contribution in [1.82, 2.24) is 9.78 Å². The average Bonchev–Trinajstić information content (AvgIpc) is 2.37. The molecule has 0 bridgehead atoms. The van der Waals surface area contributed by atoms with E-state index in [2.05, 4.69) is 10.4 Å². The summed E-state index contributed by atoms with van der Waals surface area (Å²) in [6.07, 6.45) is -2.98. The lowest BCUT2D eigenvalue weighted by Gasteiger charge is -2.08. The van der Waals surface area contributed by atoms with Gasteiger partial charge in [-0.2, -0.15) is 23.0 Å². The van der Waals surface area contributed by atoms with Gasteiger partial charge in [-0.3, -0.25) is 4.79 Å². The van der Waals surface area contributed by atoms with E-state index in [4.69, 9.17) is 0 Å². The van der Waals surface area contributed by atoms with Crippen LogP contribution in [-0.2, 0) is 6.18 Å². The molecule has 0 aliphatic rings. The number of hydrogen-bond acceptors (Lipinski definition) is 3. The van der Waals surface area contributed by atoms with Crippen LogP contribution in [0.25, 0.3) is 5.69 Å². The van der Waals surface area contributed by atoms with Gasteiger partial charge in [0.2, 0.25) is 0 Å². The summed E-state index contributed by atoms with van der Waals surface area (Å²) in [6.45, 7) is 0. The van der Waals surface area contributed by atoms with E-state index in [1.54, 1.807) is 7.05 Å². The Morgan fingerprint density at radius 3 is 2.32 bits per heavy atom. The maximum Gasteiger partial charge on any atom is 0.416 e. The second kappa shape index (κ2) is 4.75. The lowest BCUT2D eigenvalue weighted by atomic mass is 10.2. The number of rotatable bonds is 2. The van der Waals surface area contributed by atoms with Crippen molar-refractivity contribution in [3.8, 4) is 5.69 Å². The van der Waals surface area contributed by atoms with E-state index in [1.165, 1.54) is 24.4 Å². The number of alkyl halides is 3. The summed E-state index contributed by atoms with van der Waals surface area (Å²) in [6, 6.07) is 5.54. The van der Waals surface area contributed by atoms with Crippen molar-refractivity contribution in [3.05, 3.63) is 52.4 Å². The van der Waals surface area contributed by atoms with Crippen LogP contribution in [-0.4, -0.2) is 16.8 Å². The number of anilines is 1. The van der Waals surface area contributed by atoms with Gasteiger partial charge in [0.25, 0.3) is 5.56 Å². The fourth-order valence-electron chi connectivity index (χ4n) is 1.53. The van der Waals surface area contributed by atoms with Gasteiger partial charge in [0.05, 0.1) is 23.1 Å². The second-order valence-corrected chi connectivity index (χ2v) is 3.79. The first-order valence-corrected chi connectivity index (χ1v) is 5.36. The summed E-state index contributed by atoms with van der Waals surface area (Å²) in [5.41, 5.74) is -0.378. The molecule has 2 aromatic rings. The Morgan fingerprint density at radius 1 is 1.21 bits per heavy atom. The monoisotopic (exact) mass is 269 g/mol. The second-order valence-electron chi connectivity index (χ2n) is 3.79. The minimum atomic E-state index is -4.40. The number of nitrogens with one attached hydrogen (secondary N) is 1. The van der Waals surface area contributed by atoms with Crippen molar-refractivity contribution in [1.29, 1.82) is 0 Å². The molecule has 0 amide bonds. The molecule has 1 aromatic carbocycles. The lowest BCUT2D eigenvalue weighted by molar-refractivity contribution is -0.137. The molecule has 0 saturated heterocycles. The third-order valence-electron chi connectivity index (χ3n) is 2.53. The zero-order chi connectivity index (χ0) is 14.0. The molecule has 0 spiro atoms. The lowest BCUT2D eigenvalue weighted by Crippen LogP contribution is -2.20. The zero-order valence-corrected chi connectivity index (χ0v) is 9.90. The van der Waals surface area contributed by atoms with Gasteiger partial charge in [-0.15, -0.1) is 0 Å². The van der Waals surface area contributed by atoms with Gasteiger partial charge < -0.3 is 5.32 Å². The molecule has 0 aliphatic carbocycles. The molecule has 0 aliphatic heterocycles. The van der Waals surface area contributed by atoms with Crippen LogP contribution in [0.5, 0.6) is 0 Å². The van der Waals surface area contributed by atoms with E-state index in [0.717, 1.165) is 16.8 Å². The van der Waals surface area contributed by atoms with Gasteiger partial charge in [-0.05, 0) is 24.3 Å². The standard InChI is InChI=1S/C12H10F3N3O/c1-16-9-6-11(19)18(17-7-9)10-4-2-8(3-5-10)12(13,14)15/h2-7,16H,1H3. The molecule has 1 N–H and O–H groups in total. The first kappa shape index (κ1) is 13.1.